The van der Waals surface area contributed by atoms with E-state index in [0.717, 1.165) is 32.1 Å². The van der Waals surface area contributed by atoms with Gasteiger partial charge in [-0.15, -0.1) is 0 Å². The summed E-state index contributed by atoms with van der Waals surface area (Å²) in [6, 6.07) is 0. The quantitative estimate of drug-likeness (QED) is 0.583. The standard InChI is InChI=1S/C15H28O3Si/c1-13(2,3)19(5,6)18-15-9-7-14(11-15,8-10-15)12(16)17-4/h7-11H2,1-6H3. The van der Waals surface area contributed by atoms with Gasteiger partial charge in [0.05, 0.1) is 18.1 Å². The number of ether oxygens (including phenoxy) is 1. The number of hydrogen-bond acceptors (Lipinski definition) is 3. The Morgan fingerprint density at radius 2 is 1.63 bits per heavy atom. The van der Waals surface area contributed by atoms with Gasteiger partial charge in [-0.05, 0) is 50.2 Å². The van der Waals surface area contributed by atoms with Gasteiger partial charge in [-0.1, -0.05) is 20.8 Å². The summed E-state index contributed by atoms with van der Waals surface area (Å²) in [6.07, 6.45) is 4.80. The first-order valence-electron chi connectivity index (χ1n) is 7.35. The fourth-order valence-corrected chi connectivity index (χ4v) is 5.14. The first kappa shape index (κ1) is 15.0. The van der Waals surface area contributed by atoms with Gasteiger partial charge in [-0.3, -0.25) is 4.79 Å². The molecule has 110 valence electrons. The van der Waals surface area contributed by atoms with Crippen molar-refractivity contribution < 1.29 is 14.0 Å². The van der Waals surface area contributed by atoms with Crippen LogP contribution in [-0.4, -0.2) is 27.0 Å². The zero-order valence-electron chi connectivity index (χ0n) is 13.3. The van der Waals surface area contributed by atoms with E-state index in [1.807, 2.05) is 0 Å². The van der Waals surface area contributed by atoms with E-state index in [2.05, 4.69) is 33.9 Å². The van der Waals surface area contributed by atoms with Crippen molar-refractivity contribution in [3.63, 3.8) is 0 Å². The molecule has 0 amide bonds. The summed E-state index contributed by atoms with van der Waals surface area (Å²) in [5, 5.41) is 0.223. The van der Waals surface area contributed by atoms with Crippen LogP contribution in [0.2, 0.25) is 18.1 Å². The molecule has 0 aromatic carbocycles. The highest BCUT2D eigenvalue weighted by Crippen LogP contribution is 2.60. The van der Waals surface area contributed by atoms with Crippen molar-refractivity contribution in [3.05, 3.63) is 0 Å². The number of carbonyl (C=O) groups is 1. The van der Waals surface area contributed by atoms with Gasteiger partial charge >= 0.3 is 5.97 Å². The van der Waals surface area contributed by atoms with E-state index >= 15 is 0 Å². The maximum Gasteiger partial charge on any atom is 0.311 e. The van der Waals surface area contributed by atoms with Crippen molar-refractivity contribution in [1.29, 1.82) is 0 Å². The molecule has 0 unspecified atom stereocenters. The Hall–Kier alpha value is -0.353. The molecule has 0 aromatic heterocycles. The normalized spacial score (nSPS) is 34.6. The van der Waals surface area contributed by atoms with Crippen LogP contribution >= 0.6 is 0 Å². The van der Waals surface area contributed by atoms with Gasteiger partial charge in [0.25, 0.3) is 0 Å². The topological polar surface area (TPSA) is 35.5 Å². The summed E-state index contributed by atoms with van der Waals surface area (Å²) >= 11 is 0. The van der Waals surface area contributed by atoms with Gasteiger partial charge in [-0.2, -0.15) is 0 Å². The van der Waals surface area contributed by atoms with Gasteiger partial charge in [-0.25, -0.2) is 0 Å². The van der Waals surface area contributed by atoms with Crippen LogP contribution in [0.5, 0.6) is 0 Å². The van der Waals surface area contributed by atoms with Gasteiger partial charge in [0.15, 0.2) is 8.32 Å². The van der Waals surface area contributed by atoms with Crippen molar-refractivity contribution in [3.8, 4) is 0 Å². The molecule has 0 aromatic rings. The van der Waals surface area contributed by atoms with E-state index in [1.54, 1.807) is 0 Å². The summed E-state index contributed by atoms with van der Waals surface area (Å²) in [7, 11) is -0.263. The molecule has 0 heterocycles. The third-order valence-corrected chi connectivity index (χ3v) is 10.2. The summed E-state index contributed by atoms with van der Waals surface area (Å²) in [5.74, 6) is -0.0225. The molecule has 2 rings (SSSR count). The zero-order valence-corrected chi connectivity index (χ0v) is 14.3. The molecule has 2 aliphatic rings. The second-order valence-corrected chi connectivity index (χ2v) is 12.7. The molecule has 0 saturated heterocycles. The average molecular weight is 284 g/mol. The molecule has 19 heavy (non-hydrogen) atoms. The highest BCUT2D eigenvalue weighted by atomic mass is 28.4. The van der Waals surface area contributed by atoms with E-state index in [0.29, 0.717) is 0 Å². The number of esters is 1. The van der Waals surface area contributed by atoms with Crippen molar-refractivity contribution in [2.24, 2.45) is 5.41 Å². The third kappa shape index (κ3) is 2.38. The van der Waals surface area contributed by atoms with Gasteiger partial charge in [0.2, 0.25) is 0 Å². The number of hydrogen-bond donors (Lipinski definition) is 0. The maximum atomic E-state index is 12.0. The Kier molecular flexibility index (Phi) is 3.42. The fraction of sp³-hybridized carbons (Fsp3) is 0.933. The molecule has 3 nitrogen and oxygen atoms in total. The number of carbonyl (C=O) groups excluding carboxylic acids is 1. The van der Waals surface area contributed by atoms with Crippen molar-refractivity contribution in [2.45, 2.75) is 76.6 Å². The number of methoxy groups -OCH3 is 1. The van der Waals surface area contributed by atoms with Crippen LogP contribution < -0.4 is 0 Å². The average Bonchev–Trinajstić information content (AvgIpc) is 2.82. The lowest BCUT2D eigenvalue weighted by molar-refractivity contribution is -0.152. The SMILES string of the molecule is COC(=O)C12CCC(O[Si](C)(C)C(C)(C)C)(CC1)C2. The zero-order chi connectivity index (χ0) is 14.5. The summed E-state index contributed by atoms with van der Waals surface area (Å²) in [4.78, 5) is 12.0. The van der Waals surface area contributed by atoms with E-state index in [4.69, 9.17) is 9.16 Å². The molecule has 0 aliphatic heterocycles. The molecule has 2 saturated carbocycles. The van der Waals surface area contributed by atoms with Crippen LogP contribution in [0.15, 0.2) is 0 Å². The third-order valence-electron chi connectivity index (χ3n) is 5.68. The number of fused-ring (bicyclic) bond motifs is 2. The van der Waals surface area contributed by atoms with Crippen LogP contribution in [0.4, 0.5) is 0 Å². The summed E-state index contributed by atoms with van der Waals surface area (Å²) in [5.41, 5.74) is -0.283. The second-order valence-electron chi connectivity index (χ2n) is 7.99. The molecule has 0 N–H and O–H groups in total. The lowest BCUT2D eigenvalue weighted by atomic mass is 9.84. The van der Waals surface area contributed by atoms with Crippen LogP contribution in [0, 0.1) is 5.41 Å². The Balaban J connectivity index is 2.15. The van der Waals surface area contributed by atoms with Crippen LogP contribution in [0.25, 0.3) is 0 Å². The van der Waals surface area contributed by atoms with E-state index < -0.39 is 8.32 Å². The molecular formula is C15H28O3Si. The predicted octanol–water partition coefficient (Wildman–Crippen LogP) is 3.88. The van der Waals surface area contributed by atoms with Crippen LogP contribution in [0.3, 0.4) is 0 Å². The summed E-state index contributed by atoms with van der Waals surface area (Å²) in [6.45, 7) is 11.4. The molecule has 0 atom stereocenters. The Morgan fingerprint density at radius 3 is 2.05 bits per heavy atom. The molecule has 2 fully saturated rings. The van der Waals surface area contributed by atoms with Crippen molar-refractivity contribution in [2.75, 3.05) is 7.11 Å². The lowest BCUT2D eigenvalue weighted by Gasteiger charge is -2.43. The van der Waals surface area contributed by atoms with Crippen LogP contribution in [-0.2, 0) is 14.0 Å². The van der Waals surface area contributed by atoms with E-state index in [9.17, 15) is 4.79 Å². The molecule has 2 bridgehead atoms. The monoisotopic (exact) mass is 284 g/mol. The van der Waals surface area contributed by atoms with Gasteiger partial charge < -0.3 is 9.16 Å². The predicted molar refractivity (Wildman–Crippen MR) is 78.5 cm³/mol. The Bertz CT molecular complexity index is 373. The minimum absolute atomic E-state index is 0.0225. The van der Waals surface area contributed by atoms with Gasteiger partial charge in [0, 0.05) is 0 Å². The van der Waals surface area contributed by atoms with E-state index in [-0.39, 0.29) is 22.0 Å². The number of rotatable bonds is 3. The van der Waals surface area contributed by atoms with E-state index in [1.165, 1.54) is 7.11 Å². The smallest absolute Gasteiger partial charge is 0.311 e. The lowest BCUT2D eigenvalue weighted by Crippen LogP contribution is -2.48. The summed E-state index contributed by atoms with van der Waals surface area (Å²) < 4.78 is 11.7. The minimum atomic E-state index is -1.77. The molecule has 4 heteroatoms. The fourth-order valence-electron chi connectivity index (χ4n) is 3.48. The first-order chi connectivity index (χ1) is 8.56. The molecule has 0 radical (unpaired) electrons. The highest BCUT2D eigenvalue weighted by Gasteiger charge is 2.61. The maximum absolute atomic E-state index is 12.0. The molecule has 0 spiro atoms. The molecule has 2 aliphatic carbocycles. The second kappa shape index (κ2) is 4.32. The Morgan fingerprint density at radius 1 is 1.11 bits per heavy atom. The van der Waals surface area contributed by atoms with Gasteiger partial charge in [0.1, 0.15) is 0 Å². The van der Waals surface area contributed by atoms with Crippen molar-refractivity contribution in [1.82, 2.24) is 0 Å². The first-order valence-corrected chi connectivity index (χ1v) is 10.3. The highest BCUT2D eigenvalue weighted by molar-refractivity contribution is 6.74. The Labute approximate surface area is 118 Å². The molecular weight excluding hydrogens is 256 g/mol. The van der Waals surface area contributed by atoms with Crippen LogP contribution in [0.1, 0.15) is 52.9 Å². The minimum Gasteiger partial charge on any atom is -0.469 e. The largest absolute Gasteiger partial charge is 0.469 e. The van der Waals surface area contributed by atoms with Crippen molar-refractivity contribution >= 4 is 14.3 Å².